The van der Waals surface area contributed by atoms with Crippen LogP contribution >= 0.6 is 0 Å². The number of hydrogen-bond acceptors (Lipinski definition) is 3. The molecular weight excluding hydrogens is 192 g/mol. The van der Waals surface area contributed by atoms with E-state index in [9.17, 15) is 4.79 Å². The van der Waals surface area contributed by atoms with Crippen molar-refractivity contribution in [2.75, 3.05) is 7.11 Å². The van der Waals surface area contributed by atoms with E-state index in [2.05, 4.69) is 0 Å². The van der Waals surface area contributed by atoms with E-state index < -0.39 is 0 Å². The zero-order valence-corrected chi connectivity index (χ0v) is 9.11. The van der Waals surface area contributed by atoms with Gasteiger partial charge in [-0.25, -0.2) is 4.79 Å². The zero-order chi connectivity index (χ0) is 11.3. The molecule has 80 valence electrons. The van der Waals surface area contributed by atoms with Gasteiger partial charge in [-0.2, -0.15) is 0 Å². The van der Waals surface area contributed by atoms with Crippen molar-refractivity contribution in [3.05, 3.63) is 35.9 Å². The Bertz CT molecular complexity index is 380. The molecule has 3 heteroatoms. The second-order valence-electron chi connectivity index (χ2n) is 3.01. The van der Waals surface area contributed by atoms with E-state index in [1.807, 2.05) is 6.07 Å². The first-order chi connectivity index (χ1) is 7.19. The molecule has 15 heavy (non-hydrogen) atoms. The van der Waals surface area contributed by atoms with Crippen LogP contribution in [0.5, 0.6) is 11.5 Å². The van der Waals surface area contributed by atoms with E-state index >= 15 is 0 Å². The summed E-state index contributed by atoms with van der Waals surface area (Å²) in [6.07, 6.45) is 1.71. The summed E-state index contributed by atoms with van der Waals surface area (Å²) in [7, 11) is 1.54. The van der Waals surface area contributed by atoms with Gasteiger partial charge < -0.3 is 9.47 Å². The number of carbonyl (C=O) groups is 1. The Morgan fingerprint density at radius 3 is 2.40 bits per heavy atom. The number of methoxy groups -OCH3 is 1. The van der Waals surface area contributed by atoms with Crippen molar-refractivity contribution in [3.8, 4) is 11.5 Å². The topological polar surface area (TPSA) is 35.5 Å². The van der Waals surface area contributed by atoms with E-state index in [4.69, 9.17) is 9.47 Å². The molecule has 0 N–H and O–H groups in total. The molecule has 0 aliphatic carbocycles. The first-order valence-corrected chi connectivity index (χ1v) is 4.67. The van der Waals surface area contributed by atoms with Crippen molar-refractivity contribution in [3.63, 3.8) is 0 Å². The van der Waals surface area contributed by atoms with Crippen molar-refractivity contribution < 1.29 is 14.3 Å². The Labute approximate surface area is 89.3 Å². The smallest absolute Gasteiger partial charge is 0.338 e. The SMILES string of the molecule is CC=C(C)C(=O)Oc1ccccc1OC. The molecule has 0 aliphatic rings. The molecule has 0 amide bonds. The quantitative estimate of drug-likeness (QED) is 0.433. The molecule has 0 heterocycles. The molecule has 0 unspecified atom stereocenters. The minimum absolute atomic E-state index is 0.359. The summed E-state index contributed by atoms with van der Waals surface area (Å²) in [5.74, 6) is 0.628. The van der Waals surface area contributed by atoms with Gasteiger partial charge in [0.2, 0.25) is 0 Å². The van der Waals surface area contributed by atoms with Crippen LogP contribution < -0.4 is 9.47 Å². The summed E-state index contributed by atoms with van der Waals surface area (Å²) < 4.78 is 10.2. The third kappa shape index (κ3) is 2.84. The first kappa shape index (κ1) is 11.3. The number of rotatable bonds is 3. The van der Waals surface area contributed by atoms with Crippen LogP contribution in [0, 0.1) is 0 Å². The van der Waals surface area contributed by atoms with E-state index in [1.165, 1.54) is 7.11 Å². The predicted octanol–water partition coefficient (Wildman–Crippen LogP) is 2.57. The molecule has 0 bridgehead atoms. The fourth-order valence-corrected chi connectivity index (χ4v) is 1.00. The van der Waals surface area contributed by atoms with Gasteiger partial charge in [0.05, 0.1) is 7.11 Å². The van der Waals surface area contributed by atoms with Crippen LogP contribution in [0.4, 0.5) is 0 Å². The zero-order valence-electron chi connectivity index (χ0n) is 9.11. The lowest BCUT2D eigenvalue weighted by Gasteiger charge is -2.08. The van der Waals surface area contributed by atoms with Crippen LogP contribution in [0.1, 0.15) is 13.8 Å². The number of esters is 1. The van der Waals surface area contributed by atoms with Gasteiger partial charge in [-0.1, -0.05) is 18.2 Å². The molecule has 0 spiro atoms. The molecule has 0 fully saturated rings. The molecule has 0 aromatic heterocycles. The predicted molar refractivity (Wildman–Crippen MR) is 58.1 cm³/mol. The van der Waals surface area contributed by atoms with Crippen molar-refractivity contribution in [1.29, 1.82) is 0 Å². The Kier molecular flexibility index (Phi) is 3.92. The molecule has 1 aromatic rings. The summed E-state index contributed by atoms with van der Waals surface area (Å²) in [4.78, 5) is 11.5. The molecule has 3 nitrogen and oxygen atoms in total. The molecule has 1 rings (SSSR count). The van der Waals surface area contributed by atoms with E-state index in [0.717, 1.165) is 0 Å². The fraction of sp³-hybridized carbons (Fsp3) is 0.250. The normalized spacial score (nSPS) is 11.0. The summed E-state index contributed by atoms with van der Waals surface area (Å²) >= 11 is 0. The maximum atomic E-state index is 11.5. The maximum Gasteiger partial charge on any atom is 0.338 e. The van der Waals surface area contributed by atoms with Gasteiger partial charge in [-0.05, 0) is 26.0 Å². The van der Waals surface area contributed by atoms with Gasteiger partial charge in [0.15, 0.2) is 11.5 Å². The van der Waals surface area contributed by atoms with Gasteiger partial charge >= 0.3 is 5.97 Å². The van der Waals surface area contributed by atoms with Gasteiger partial charge in [0.1, 0.15) is 0 Å². The highest BCUT2D eigenvalue weighted by Crippen LogP contribution is 2.26. The lowest BCUT2D eigenvalue weighted by atomic mass is 10.3. The number of hydrogen-bond donors (Lipinski definition) is 0. The molecule has 0 saturated heterocycles. The minimum Gasteiger partial charge on any atom is -0.493 e. The maximum absolute atomic E-state index is 11.5. The van der Waals surface area contributed by atoms with Crippen molar-refractivity contribution in [2.45, 2.75) is 13.8 Å². The Morgan fingerprint density at radius 1 is 1.27 bits per heavy atom. The highest BCUT2D eigenvalue weighted by molar-refractivity contribution is 5.89. The summed E-state index contributed by atoms with van der Waals surface area (Å²) in [5.41, 5.74) is 0.570. The summed E-state index contributed by atoms with van der Waals surface area (Å²) in [6.45, 7) is 3.50. The molecule has 0 atom stereocenters. The molecular formula is C12H14O3. The van der Waals surface area contributed by atoms with Crippen molar-refractivity contribution >= 4 is 5.97 Å². The number of benzene rings is 1. The second kappa shape index (κ2) is 5.20. The van der Waals surface area contributed by atoms with Crippen molar-refractivity contribution in [1.82, 2.24) is 0 Å². The lowest BCUT2D eigenvalue weighted by Crippen LogP contribution is -2.09. The number of ether oxygens (including phenoxy) is 2. The van der Waals surface area contributed by atoms with Crippen molar-refractivity contribution in [2.24, 2.45) is 0 Å². The Hall–Kier alpha value is -1.77. The van der Waals surface area contributed by atoms with Gasteiger partial charge in [-0.3, -0.25) is 0 Å². The molecule has 0 saturated carbocycles. The first-order valence-electron chi connectivity index (χ1n) is 4.67. The molecule has 0 radical (unpaired) electrons. The average Bonchev–Trinajstić information content (AvgIpc) is 2.28. The minimum atomic E-state index is -0.359. The van der Waals surface area contributed by atoms with Crippen LogP contribution in [0.3, 0.4) is 0 Å². The van der Waals surface area contributed by atoms with E-state index in [-0.39, 0.29) is 5.97 Å². The monoisotopic (exact) mass is 206 g/mol. The summed E-state index contributed by atoms with van der Waals surface area (Å²) in [5, 5.41) is 0. The Balaban J connectivity index is 2.85. The third-order valence-corrected chi connectivity index (χ3v) is 2.03. The third-order valence-electron chi connectivity index (χ3n) is 2.03. The van der Waals surface area contributed by atoms with Crippen LogP contribution in [0.25, 0.3) is 0 Å². The number of allylic oxidation sites excluding steroid dienone is 1. The highest BCUT2D eigenvalue weighted by Gasteiger charge is 2.09. The lowest BCUT2D eigenvalue weighted by molar-refractivity contribution is -0.130. The van der Waals surface area contributed by atoms with Gasteiger partial charge in [-0.15, -0.1) is 0 Å². The van der Waals surface area contributed by atoms with Crippen LogP contribution in [0.15, 0.2) is 35.9 Å². The molecule has 0 aliphatic heterocycles. The van der Waals surface area contributed by atoms with E-state index in [0.29, 0.717) is 17.1 Å². The van der Waals surface area contributed by atoms with Crippen LogP contribution in [0.2, 0.25) is 0 Å². The van der Waals surface area contributed by atoms with Crippen LogP contribution in [-0.4, -0.2) is 13.1 Å². The fourth-order valence-electron chi connectivity index (χ4n) is 1.00. The average molecular weight is 206 g/mol. The number of para-hydroxylation sites is 2. The number of carbonyl (C=O) groups excluding carboxylic acids is 1. The second-order valence-corrected chi connectivity index (χ2v) is 3.01. The Morgan fingerprint density at radius 2 is 1.87 bits per heavy atom. The standard InChI is InChI=1S/C12H14O3/c1-4-9(2)12(13)15-11-8-6-5-7-10(11)14-3/h4-8H,1-3H3. The highest BCUT2D eigenvalue weighted by atomic mass is 16.6. The molecule has 1 aromatic carbocycles. The summed E-state index contributed by atoms with van der Waals surface area (Å²) in [6, 6.07) is 7.04. The van der Waals surface area contributed by atoms with Gasteiger partial charge in [0, 0.05) is 5.57 Å². The van der Waals surface area contributed by atoms with Gasteiger partial charge in [0.25, 0.3) is 0 Å². The van der Waals surface area contributed by atoms with E-state index in [1.54, 1.807) is 38.1 Å². The largest absolute Gasteiger partial charge is 0.493 e. The van der Waals surface area contributed by atoms with Crippen LogP contribution in [-0.2, 0) is 4.79 Å².